The zero-order valence-electron chi connectivity index (χ0n) is 11.3. The summed E-state index contributed by atoms with van der Waals surface area (Å²) < 4.78 is 22.9. The molecule has 1 fully saturated rings. The van der Waals surface area contributed by atoms with Crippen molar-refractivity contribution in [1.29, 1.82) is 0 Å². The topological polar surface area (TPSA) is 63.2 Å². The Kier molecular flexibility index (Phi) is 3.54. The number of carbonyl (C=O) groups is 1. The van der Waals surface area contributed by atoms with Crippen molar-refractivity contribution in [3.8, 4) is 0 Å². The van der Waals surface area contributed by atoms with Crippen molar-refractivity contribution in [2.45, 2.75) is 37.6 Å². The average Bonchev–Trinajstić information content (AvgIpc) is 2.77. The Morgan fingerprint density at radius 2 is 2.00 bits per heavy atom. The lowest BCUT2D eigenvalue weighted by molar-refractivity contribution is -0.123. The van der Waals surface area contributed by atoms with E-state index in [-0.39, 0.29) is 29.4 Å². The van der Waals surface area contributed by atoms with E-state index in [1.54, 1.807) is 0 Å². The molecule has 1 aliphatic carbocycles. The number of rotatable bonds is 2. The van der Waals surface area contributed by atoms with Gasteiger partial charge in [0.2, 0.25) is 5.91 Å². The number of nitrogens with one attached hydrogen (secondary N) is 1. The van der Waals surface area contributed by atoms with E-state index in [1.807, 2.05) is 18.2 Å². The Balaban J connectivity index is 1.73. The Morgan fingerprint density at radius 1 is 1.20 bits per heavy atom. The van der Waals surface area contributed by atoms with E-state index < -0.39 is 9.84 Å². The summed E-state index contributed by atoms with van der Waals surface area (Å²) in [5.41, 5.74) is 2.36. The van der Waals surface area contributed by atoms with Crippen LogP contribution in [0.15, 0.2) is 24.3 Å². The van der Waals surface area contributed by atoms with Crippen LogP contribution in [0.1, 0.15) is 36.3 Å². The van der Waals surface area contributed by atoms with Crippen LogP contribution in [-0.4, -0.2) is 31.9 Å². The van der Waals surface area contributed by atoms with Crippen molar-refractivity contribution in [1.82, 2.24) is 5.32 Å². The molecule has 5 heteroatoms. The maximum Gasteiger partial charge on any atom is 0.227 e. The van der Waals surface area contributed by atoms with E-state index in [4.69, 9.17) is 0 Å². The summed E-state index contributed by atoms with van der Waals surface area (Å²) in [6.07, 6.45) is 3.43. The Labute approximate surface area is 119 Å². The van der Waals surface area contributed by atoms with E-state index >= 15 is 0 Å². The van der Waals surface area contributed by atoms with E-state index in [9.17, 15) is 13.2 Å². The van der Waals surface area contributed by atoms with Gasteiger partial charge in [-0.15, -0.1) is 0 Å². The number of benzene rings is 1. The number of fused-ring (bicyclic) bond motifs is 1. The first kappa shape index (κ1) is 13.6. The van der Waals surface area contributed by atoms with Gasteiger partial charge in [0.25, 0.3) is 0 Å². The first-order valence-electron chi connectivity index (χ1n) is 7.14. The number of hydrogen-bond acceptors (Lipinski definition) is 3. The van der Waals surface area contributed by atoms with Gasteiger partial charge < -0.3 is 5.32 Å². The predicted octanol–water partition coefficient (Wildman–Crippen LogP) is 1.41. The smallest absolute Gasteiger partial charge is 0.227 e. The molecule has 0 bridgehead atoms. The summed E-state index contributed by atoms with van der Waals surface area (Å²) in [6, 6.07) is 7.85. The fourth-order valence-corrected chi connectivity index (χ4v) is 4.91. The normalized spacial score (nSPS) is 27.8. The van der Waals surface area contributed by atoms with Crippen molar-refractivity contribution in [3.63, 3.8) is 0 Å². The molecule has 2 atom stereocenters. The minimum atomic E-state index is -2.95. The van der Waals surface area contributed by atoms with Crippen molar-refractivity contribution in [2.24, 2.45) is 0 Å². The molecule has 0 radical (unpaired) electrons. The number of sulfone groups is 1. The minimum Gasteiger partial charge on any atom is -0.352 e. The SMILES string of the molecule is O=C(N[C@H]1CCS(=O)(=O)C1)[C@H]1CCCc2ccccc21. The van der Waals surface area contributed by atoms with Crippen LogP contribution in [0.5, 0.6) is 0 Å². The molecule has 1 amide bonds. The van der Waals surface area contributed by atoms with Crippen LogP contribution >= 0.6 is 0 Å². The summed E-state index contributed by atoms with van der Waals surface area (Å²) in [7, 11) is -2.95. The van der Waals surface area contributed by atoms with Gasteiger partial charge in [-0.25, -0.2) is 8.42 Å². The van der Waals surface area contributed by atoms with Gasteiger partial charge in [-0.3, -0.25) is 4.79 Å². The monoisotopic (exact) mass is 293 g/mol. The van der Waals surface area contributed by atoms with E-state index in [0.29, 0.717) is 6.42 Å². The quantitative estimate of drug-likeness (QED) is 0.896. The number of amides is 1. The van der Waals surface area contributed by atoms with Gasteiger partial charge in [0.15, 0.2) is 9.84 Å². The second-order valence-corrected chi connectivity index (χ2v) is 7.98. The summed E-state index contributed by atoms with van der Waals surface area (Å²) in [5.74, 6) is 0.147. The number of hydrogen-bond donors (Lipinski definition) is 1. The summed E-state index contributed by atoms with van der Waals surface area (Å²) in [5, 5.41) is 2.93. The second kappa shape index (κ2) is 5.20. The molecular weight excluding hydrogens is 274 g/mol. The van der Waals surface area contributed by atoms with Crippen LogP contribution in [-0.2, 0) is 21.1 Å². The van der Waals surface area contributed by atoms with Gasteiger partial charge >= 0.3 is 0 Å². The van der Waals surface area contributed by atoms with Crippen molar-refractivity contribution < 1.29 is 13.2 Å². The van der Waals surface area contributed by atoms with E-state index in [2.05, 4.69) is 11.4 Å². The van der Waals surface area contributed by atoms with Gasteiger partial charge in [0.05, 0.1) is 17.4 Å². The third-order valence-electron chi connectivity index (χ3n) is 4.26. The van der Waals surface area contributed by atoms with Crippen LogP contribution in [0.3, 0.4) is 0 Å². The second-order valence-electron chi connectivity index (χ2n) is 5.75. The van der Waals surface area contributed by atoms with Gasteiger partial charge in [0.1, 0.15) is 0 Å². The lowest BCUT2D eigenvalue weighted by atomic mass is 9.82. The minimum absolute atomic E-state index is 0.0146. The lowest BCUT2D eigenvalue weighted by Crippen LogP contribution is -2.39. The molecule has 0 unspecified atom stereocenters. The molecule has 1 N–H and O–H groups in total. The highest BCUT2D eigenvalue weighted by atomic mass is 32.2. The maximum absolute atomic E-state index is 12.4. The Hall–Kier alpha value is -1.36. The van der Waals surface area contributed by atoms with E-state index in [1.165, 1.54) is 5.56 Å². The molecule has 1 heterocycles. The first-order valence-corrected chi connectivity index (χ1v) is 8.96. The molecule has 2 aliphatic rings. The third kappa shape index (κ3) is 2.73. The van der Waals surface area contributed by atoms with E-state index in [0.717, 1.165) is 24.8 Å². The molecule has 20 heavy (non-hydrogen) atoms. The molecule has 1 aromatic carbocycles. The molecule has 108 valence electrons. The molecule has 3 rings (SSSR count). The molecule has 4 nitrogen and oxygen atoms in total. The molecule has 0 spiro atoms. The lowest BCUT2D eigenvalue weighted by Gasteiger charge is -2.25. The van der Waals surface area contributed by atoms with Crippen LogP contribution in [0.4, 0.5) is 0 Å². The third-order valence-corrected chi connectivity index (χ3v) is 6.03. The highest BCUT2D eigenvalue weighted by Gasteiger charge is 2.32. The number of aryl methyl sites for hydroxylation is 1. The molecule has 0 aromatic heterocycles. The van der Waals surface area contributed by atoms with Gasteiger partial charge in [-0.2, -0.15) is 0 Å². The summed E-state index contributed by atoms with van der Waals surface area (Å²) in [6.45, 7) is 0. The Morgan fingerprint density at radius 3 is 2.75 bits per heavy atom. The summed E-state index contributed by atoms with van der Waals surface area (Å²) in [4.78, 5) is 12.4. The molecule has 1 aromatic rings. The molecule has 1 saturated heterocycles. The zero-order chi connectivity index (χ0) is 14.2. The highest BCUT2D eigenvalue weighted by Crippen LogP contribution is 2.31. The average molecular weight is 293 g/mol. The van der Waals surface area contributed by atoms with Gasteiger partial charge in [-0.05, 0) is 36.8 Å². The fourth-order valence-electron chi connectivity index (χ4n) is 3.24. The Bertz CT molecular complexity index is 624. The molecular formula is C15H19NO3S. The van der Waals surface area contributed by atoms with Gasteiger partial charge in [-0.1, -0.05) is 24.3 Å². The maximum atomic E-state index is 12.4. The zero-order valence-corrected chi connectivity index (χ0v) is 12.2. The van der Waals surface area contributed by atoms with Crippen LogP contribution < -0.4 is 5.32 Å². The molecule has 1 aliphatic heterocycles. The standard InChI is InChI=1S/C15H19NO3S/c17-15(16-12-8-9-20(18,19)10-12)14-7-3-5-11-4-1-2-6-13(11)14/h1-2,4,6,12,14H,3,5,7-10H2,(H,16,17)/t12-,14-/m0/s1. The van der Waals surface area contributed by atoms with Crippen LogP contribution in [0, 0.1) is 0 Å². The number of carbonyl (C=O) groups excluding carboxylic acids is 1. The van der Waals surface area contributed by atoms with Crippen LogP contribution in [0.25, 0.3) is 0 Å². The van der Waals surface area contributed by atoms with Crippen molar-refractivity contribution >= 4 is 15.7 Å². The van der Waals surface area contributed by atoms with Crippen molar-refractivity contribution in [2.75, 3.05) is 11.5 Å². The summed E-state index contributed by atoms with van der Waals surface area (Å²) >= 11 is 0. The molecule has 0 saturated carbocycles. The van der Waals surface area contributed by atoms with Crippen LogP contribution in [0.2, 0.25) is 0 Å². The largest absolute Gasteiger partial charge is 0.352 e. The van der Waals surface area contributed by atoms with Crippen molar-refractivity contribution in [3.05, 3.63) is 35.4 Å². The predicted molar refractivity (Wildman–Crippen MR) is 77.3 cm³/mol. The first-order chi connectivity index (χ1) is 9.55. The fraction of sp³-hybridized carbons (Fsp3) is 0.533. The highest BCUT2D eigenvalue weighted by molar-refractivity contribution is 7.91. The van der Waals surface area contributed by atoms with Gasteiger partial charge in [0, 0.05) is 6.04 Å².